The molecule has 4 heteroatoms. The van der Waals surface area contributed by atoms with Gasteiger partial charge in [-0.25, -0.2) is 0 Å². The number of halogens is 1. The predicted molar refractivity (Wildman–Crippen MR) is 87.4 cm³/mol. The number of carboxylic acid groups (broad SMARTS) is 1. The van der Waals surface area contributed by atoms with Crippen molar-refractivity contribution in [2.24, 2.45) is 0 Å². The van der Waals surface area contributed by atoms with E-state index in [1.807, 2.05) is 24.3 Å². The minimum Gasteiger partial charge on any atom is -0.481 e. The van der Waals surface area contributed by atoms with E-state index < -0.39 is 5.97 Å². The molecule has 0 spiro atoms. The summed E-state index contributed by atoms with van der Waals surface area (Å²) in [5.74, 6) is -0.765. The number of carboxylic acids is 1. The van der Waals surface area contributed by atoms with Crippen LogP contribution in [-0.2, 0) is 11.2 Å². The van der Waals surface area contributed by atoms with Crippen molar-refractivity contribution in [2.45, 2.75) is 12.8 Å². The van der Waals surface area contributed by atoms with E-state index in [1.54, 1.807) is 0 Å². The minimum atomic E-state index is -0.765. The van der Waals surface area contributed by atoms with E-state index >= 15 is 0 Å². The summed E-state index contributed by atoms with van der Waals surface area (Å²) in [4.78, 5) is 14.0. The van der Waals surface area contributed by atoms with Gasteiger partial charge in [0.2, 0.25) is 0 Å². The summed E-state index contributed by atoms with van der Waals surface area (Å²) < 4.78 is 1.04. The van der Waals surface area contributed by atoms with Crippen molar-refractivity contribution in [3.63, 3.8) is 0 Å². The van der Waals surface area contributed by atoms with Gasteiger partial charge in [-0.1, -0.05) is 34.1 Å². The standard InChI is InChI=1S/C17H14BrNO2/c18-14-3-1-2-12(9-14)16-10-13-8-11(5-7-17(20)21)4-6-15(13)19-16/h1-4,6,8-10,19H,5,7H2,(H,20,21). The molecular weight excluding hydrogens is 330 g/mol. The number of hydrogen-bond acceptors (Lipinski definition) is 1. The first-order chi connectivity index (χ1) is 10.1. The molecular formula is C17H14BrNO2. The van der Waals surface area contributed by atoms with Gasteiger partial charge >= 0.3 is 5.97 Å². The Bertz CT molecular complexity index is 807. The minimum absolute atomic E-state index is 0.161. The van der Waals surface area contributed by atoms with Crippen LogP contribution in [0, 0.1) is 0 Å². The molecule has 0 aliphatic heterocycles. The molecule has 0 amide bonds. The molecule has 0 aliphatic rings. The van der Waals surface area contributed by atoms with Gasteiger partial charge in [0.05, 0.1) is 0 Å². The molecule has 0 radical (unpaired) electrons. The topological polar surface area (TPSA) is 53.1 Å². The van der Waals surface area contributed by atoms with Crippen molar-refractivity contribution in [1.82, 2.24) is 4.98 Å². The van der Waals surface area contributed by atoms with E-state index in [9.17, 15) is 4.79 Å². The van der Waals surface area contributed by atoms with Gasteiger partial charge in [-0.2, -0.15) is 0 Å². The molecule has 0 saturated carbocycles. The molecule has 0 aliphatic carbocycles. The Kier molecular flexibility index (Phi) is 3.80. The van der Waals surface area contributed by atoms with E-state index in [2.05, 4.69) is 45.2 Å². The molecule has 1 aromatic heterocycles. The number of fused-ring (bicyclic) bond motifs is 1. The van der Waals surface area contributed by atoms with Gasteiger partial charge in [-0.15, -0.1) is 0 Å². The van der Waals surface area contributed by atoms with Crippen LogP contribution in [0.3, 0.4) is 0 Å². The lowest BCUT2D eigenvalue weighted by atomic mass is 10.1. The van der Waals surface area contributed by atoms with Crippen molar-refractivity contribution in [2.75, 3.05) is 0 Å². The monoisotopic (exact) mass is 343 g/mol. The quantitative estimate of drug-likeness (QED) is 0.726. The highest BCUT2D eigenvalue weighted by atomic mass is 79.9. The molecule has 0 bridgehead atoms. The molecule has 3 nitrogen and oxygen atoms in total. The van der Waals surface area contributed by atoms with Gasteiger partial charge in [0, 0.05) is 27.5 Å². The third-order valence-electron chi connectivity index (χ3n) is 3.45. The van der Waals surface area contributed by atoms with Gasteiger partial charge < -0.3 is 10.1 Å². The van der Waals surface area contributed by atoms with E-state index in [0.717, 1.165) is 32.2 Å². The smallest absolute Gasteiger partial charge is 0.303 e. The zero-order chi connectivity index (χ0) is 14.8. The van der Waals surface area contributed by atoms with Crippen molar-refractivity contribution in [1.29, 1.82) is 0 Å². The maximum atomic E-state index is 10.6. The van der Waals surface area contributed by atoms with Crippen molar-refractivity contribution < 1.29 is 9.90 Å². The summed E-state index contributed by atoms with van der Waals surface area (Å²) in [5.41, 5.74) is 4.28. The fourth-order valence-electron chi connectivity index (χ4n) is 2.40. The predicted octanol–water partition coefficient (Wildman–Crippen LogP) is 4.61. The summed E-state index contributed by atoms with van der Waals surface area (Å²) >= 11 is 3.48. The lowest BCUT2D eigenvalue weighted by molar-refractivity contribution is -0.136. The van der Waals surface area contributed by atoms with Crippen molar-refractivity contribution >= 4 is 32.8 Å². The van der Waals surface area contributed by atoms with Crippen LogP contribution >= 0.6 is 15.9 Å². The third kappa shape index (κ3) is 3.16. The van der Waals surface area contributed by atoms with Gasteiger partial charge in [-0.3, -0.25) is 4.79 Å². The maximum absolute atomic E-state index is 10.6. The van der Waals surface area contributed by atoms with Crippen LogP contribution in [0.4, 0.5) is 0 Å². The zero-order valence-corrected chi connectivity index (χ0v) is 12.9. The van der Waals surface area contributed by atoms with Crippen molar-refractivity contribution in [3.8, 4) is 11.3 Å². The molecule has 21 heavy (non-hydrogen) atoms. The van der Waals surface area contributed by atoms with Crippen molar-refractivity contribution in [3.05, 3.63) is 58.6 Å². The fraction of sp³-hybridized carbons (Fsp3) is 0.118. The van der Waals surface area contributed by atoms with E-state index in [4.69, 9.17) is 5.11 Å². The molecule has 3 rings (SSSR count). The van der Waals surface area contributed by atoms with Crippen LogP contribution in [0.25, 0.3) is 22.2 Å². The third-order valence-corrected chi connectivity index (χ3v) is 3.94. The normalized spacial score (nSPS) is 10.9. The number of aliphatic carboxylic acids is 1. The first kappa shape index (κ1) is 13.9. The second-order valence-corrected chi connectivity index (χ2v) is 5.92. The van der Waals surface area contributed by atoms with Crippen LogP contribution in [0.1, 0.15) is 12.0 Å². The number of hydrogen-bond donors (Lipinski definition) is 2. The molecule has 0 unspecified atom stereocenters. The lowest BCUT2D eigenvalue weighted by Crippen LogP contribution is -1.96. The molecule has 0 fully saturated rings. The average Bonchev–Trinajstić information content (AvgIpc) is 2.88. The highest BCUT2D eigenvalue weighted by Crippen LogP contribution is 2.27. The Labute approximate surface area is 130 Å². The Balaban J connectivity index is 1.94. The van der Waals surface area contributed by atoms with E-state index in [1.165, 1.54) is 0 Å². The van der Waals surface area contributed by atoms with Crippen LogP contribution in [0.2, 0.25) is 0 Å². The lowest BCUT2D eigenvalue weighted by Gasteiger charge is -1.98. The number of nitrogens with one attached hydrogen (secondary N) is 1. The van der Waals surface area contributed by atoms with Gasteiger partial charge in [0.25, 0.3) is 0 Å². The summed E-state index contributed by atoms with van der Waals surface area (Å²) in [6, 6.07) is 16.3. The van der Waals surface area contributed by atoms with E-state index in [-0.39, 0.29) is 6.42 Å². The average molecular weight is 344 g/mol. The fourth-order valence-corrected chi connectivity index (χ4v) is 2.80. The first-order valence-corrected chi connectivity index (χ1v) is 7.50. The number of H-pyrrole nitrogens is 1. The van der Waals surface area contributed by atoms with Gasteiger partial charge in [0.15, 0.2) is 0 Å². The Hall–Kier alpha value is -2.07. The first-order valence-electron chi connectivity index (χ1n) is 6.71. The Morgan fingerprint density at radius 3 is 2.76 bits per heavy atom. The summed E-state index contributed by atoms with van der Waals surface area (Å²) in [6.45, 7) is 0. The largest absolute Gasteiger partial charge is 0.481 e. The molecule has 3 aromatic rings. The number of aromatic nitrogens is 1. The van der Waals surface area contributed by atoms with Crippen LogP contribution in [0.5, 0.6) is 0 Å². The summed E-state index contributed by atoms with van der Waals surface area (Å²) in [5, 5.41) is 9.86. The molecule has 2 aromatic carbocycles. The Morgan fingerprint density at radius 2 is 2.00 bits per heavy atom. The molecule has 2 N–H and O–H groups in total. The number of aryl methyl sites for hydroxylation is 1. The number of rotatable bonds is 4. The highest BCUT2D eigenvalue weighted by Gasteiger charge is 2.06. The van der Waals surface area contributed by atoms with Gasteiger partial charge in [-0.05, 0) is 47.9 Å². The van der Waals surface area contributed by atoms with Crippen LogP contribution in [-0.4, -0.2) is 16.1 Å². The van der Waals surface area contributed by atoms with Gasteiger partial charge in [0.1, 0.15) is 0 Å². The molecule has 1 heterocycles. The Morgan fingerprint density at radius 1 is 1.14 bits per heavy atom. The maximum Gasteiger partial charge on any atom is 0.303 e. The van der Waals surface area contributed by atoms with Crippen LogP contribution in [0.15, 0.2) is 53.0 Å². The highest BCUT2D eigenvalue weighted by molar-refractivity contribution is 9.10. The second kappa shape index (κ2) is 5.74. The van der Waals surface area contributed by atoms with Crippen LogP contribution < -0.4 is 0 Å². The SMILES string of the molecule is O=C(O)CCc1ccc2[nH]c(-c3cccc(Br)c3)cc2c1. The zero-order valence-electron chi connectivity index (χ0n) is 11.3. The summed E-state index contributed by atoms with van der Waals surface area (Å²) in [6.07, 6.45) is 0.719. The second-order valence-electron chi connectivity index (χ2n) is 5.01. The molecule has 106 valence electrons. The number of aromatic amines is 1. The summed E-state index contributed by atoms with van der Waals surface area (Å²) in [7, 11) is 0. The molecule has 0 saturated heterocycles. The molecule has 0 atom stereocenters. The van der Waals surface area contributed by atoms with E-state index in [0.29, 0.717) is 6.42 Å². The number of carbonyl (C=O) groups is 1. The number of benzene rings is 2.